The van der Waals surface area contributed by atoms with Gasteiger partial charge in [0.25, 0.3) is 0 Å². The van der Waals surface area contributed by atoms with Gasteiger partial charge in [-0.15, -0.1) is 11.3 Å². The van der Waals surface area contributed by atoms with Gasteiger partial charge in [-0.25, -0.2) is 14.6 Å². The zero-order chi connectivity index (χ0) is 16.0. The first kappa shape index (κ1) is 17.4. The van der Waals surface area contributed by atoms with Crippen molar-refractivity contribution < 1.29 is 14.7 Å². The molecule has 2 unspecified atom stereocenters. The van der Waals surface area contributed by atoms with E-state index in [0.29, 0.717) is 6.42 Å². The van der Waals surface area contributed by atoms with Crippen LogP contribution in [-0.2, 0) is 11.2 Å². The number of rotatable bonds is 7. The highest BCUT2D eigenvalue weighted by molar-refractivity contribution is 7.11. The lowest BCUT2D eigenvalue weighted by Crippen LogP contribution is -2.49. The van der Waals surface area contributed by atoms with Crippen molar-refractivity contribution in [2.45, 2.75) is 52.6 Å². The number of carbonyl (C=O) groups is 2. The molecule has 21 heavy (non-hydrogen) atoms. The fraction of sp³-hybridized carbons (Fsp3) is 0.643. The zero-order valence-electron chi connectivity index (χ0n) is 12.8. The van der Waals surface area contributed by atoms with Gasteiger partial charge in [-0.2, -0.15) is 0 Å². The molecule has 7 heteroatoms. The number of thiazole rings is 1. The van der Waals surface area contributed by atoms with Crippen LogP contribution in [0.5, 0.6) is 0 Å². The number of nitrogens with one attached hydrogen (secondary N) is 2. The van der Waals surface area contributed by atoms with Crippen molar-refractivity contribution in [1.29, 1.82) is 0 Å². The summed E-state index contributed by atoms with van der Waals surface area (Å²) < 4.78 is 0. The number of carboxylic acids is 1. The summed E-state index contributed by atoms with van der Waals surface area (Å²) in [5.74, 6) is -1.15. The van der Waals surface area contributed by atoms with Crippen molar-refractivity contribution in [1.82, 2.24) is 15.6 Å². The number of carbonyl (C=O) groups excluding carboxylic acids is 1. The molecule has 1 heterocycles. The summed E-state index contributed by atoms with van der Waals surface area (Å²) in [5, 5.41) is 15.2. The lowest BCUT2D eigenvalue weighted by molar-refractivity contribution is -0.140. The molecule has 0 aliphatic heterocycles. The molecular formula is C14H23N3O3S. The monoisotopic (exact) mass is 313 g/mol. The normalized spacial score (nSPS) is 15.0. The van der Waals surface area contributed by atoms with Crippen molar-refractivity contribution in [3.63, 3.8) is 0 Å². The highest BCUT2D eigenvalue weighted by Gasteiger charge is 2.26. The van der Waals surface area contributed by atoms with Crippen molar-refractivity contribution in [3.05, 3.63) is 16.1 Å². The van der Waals surface area contributed by atoms with Gasteiger partial charge in [-0.05, 0) is 19.3 Å². The molecule has 0 aliphatic carbocycles. The second kappa shape index (κ2) is 7.97. The van der Waals surface area contributed by atoms with Crippen LogP contribution in [0.15, 0.2) is 6.20 Å². The van der Waals surface area contributed by atoms with Crippen LogP contribution in [0, 0.1) is 5.92 Å². The fourth-order valence-electron chi connectivity index (χ4n) is 1.81. The Morgan fingerprint density at radius 3 is 2.48 bits per heavy atom. The number of aryl methyl sites for hydroxylation is 1. The predicted octanol–water partition coefficient (Wildman–Crippen LogP) is 2.57. The number of aromatic nitrogens is 1. The fourth-order valence-corrected chi connectivity index (χ4v) is 2.67. The molecule has 0 saturated heterocycles. The van der Waals surface area contributed by atoms with E-state index in [1.54, 1.807) is 24.5 Å². The molecule has 1 aromatic heterocycles. The van der Waals surface area contributed by atoms with E-state index >= 15 is 0 Å². The summed E-state index contributed by atoms with van der Waals surface area (Å²) in [5.41, 5.74) is 0. The van der Waals surface area contributed by atoms with E-state index in [1.165, 1.54) is 0 Å². The van der Waals surface area contributed by atoms with E-state index in [9.17, 15) is 9.59 Å². The largest absolute Gasteiger partial charge is 0.480 e. The molecule has 0 radical (unpaired) electrons. The topological polar surface area (TPSA) is 91.3 Å². The Morgan fingerprint density at radius 2 is 2.00 bits per heavy atom. The molecule has 0 spiro atoms. The van der Waals surface area contributed by atoms with Crippen molar-refractivity contribution in [3.8, 4) is 0 Å². The first-order chi connectivity index (χ1) is 9.88. The molecule has 3 N–H and O–H groups in total. The minimum atomic E-state index is -1.02. The van der Waals surface area contributed by atoms with E-state index in [0.717, 1.165) is 16.3 Å². The minimum absolute atomic E-state index is 0.130. The highest BCUT2D eigenvalue weighted by atomic mass is 32.1. The number of hydrogen-bond acceptors (Lipinski definition) is 4. The van der Waals surface area contributed by atoms with Crippen LogP contribution in [0.3, 0.4) is 0 Å². The van der Waals surface area contributed by atoms with Gasteiger partial charge in [0, 0.05) is 11.1 Å². The third-order valence-corrected chi connectivity index (χ3v) is 4.73. The van der Waals surface area contributed by atoms with Crippen molar-refractivity contribution in [2.75, 3.05) is 0 Å². The molecule has 118 valence electrons. The van der Waals surface area contributed by atoms with E-state index < -0.39 is 18.0 Å². The average molecular weight is 313 g/mol. The molecule has 2 amide bonds. The molecule has 0 fully saturated rings. The van der Waals surface area contributed by atoms with E-state index in [2.05, 4.69) is 15.6 Å². The summed E-state index contributed by atoms with van der Waals surface area (Å²) in [6, 6.07) is -1.62. The Kier molecular flexibility index (Phi) is 6.61. The molecular weight excluding hydrogens is 290 g/mol. The van der Waals surface area contributed by atoms with E-state index in [4.69, 9.17) is 5.11 Å². The Bertz CT molecular complexity index is 490. The van der Waals surface area contributed by atoms with Crippen LogP contribution in [0.2, 0.25) is 0 Å². The van der Waals surface area contributed by atoms with Crippen LogP contribution >= 0.6 is 11.3 Å². The van der Waals surface area contributed by atoms with Gasteiger partial charge in [-0.3, -0.25) is 0 Å². The maximum Gasteiger partial charge on any atom is 0.326 e. The number of carboxylic acid groups (broad SMARTS) is 1. The van der Waals surface area contributed by atoms with Crippen LogP contribution in [0.1, 0.15) is 50.0 Å². The third kappa shape index (κ3) is 5.00. The van der Waals surface area contributed by atoms with Gasteiger partial charge in [0.15, 0.2) is 0 Å². The molecule has 6 nitrogen and oxygen atoms in total. The lowest BCUT2D eigenvalue weighted by Gasteiger charge is -2.21. The SMILES string of the molecule is CCc1cnc(C(C)NC(=O)N[C@H](C(=O)O)C(C)CC)s1. The van der Waals surface area contributed by atoms with Crippen LogP contribution in [-0.4, -0.2) is 28.1 Å². The smallest absolute Gasteiger partial charge is 0.326 e. The lowest BCUT2D eigenvalue weighted by atomic mass is 9.99. The maximum absolute atomic E-state index is 11.9. The molecule has 1 aromatic rings. The first-order valence-electron chi connectivity index (χ1n) is 7.13. The Morgan fingerprint density at radius 1 is 1.33 bits per heavy atom. The number of urea groups is 1. The maximum atomic E-state index is 11.9. The molecule has 0 aromatic carbocycles. The van der Waals surface area contributed by atoms with Crippen molar-refractivity contribution >= 4 is 23.3 Å². The van der Waals surface area contributed by atoms with Gasteiger partial charge in [0.1, 0.15) is 11.0 Å². The summed E-state index contributed by atoms with van der Waals surface area (Å²) >= 11 is 1.55. The first-order valence-corrected chi connectivity index (χ1v) is 7.95. The Labute approximate surface area is 129 Å². The molecule has 3 atom stereocenters. The second-order valence-electron chi connectivity index (χ2n) is 5.06. The zero-order valence-corrected chi connectivity index (χ0v) is 13.7. The summed E-state index contributed by atoms with van der Waals surface area (Å²) in [7, 11) is 0. The quantitative estimate of drug-likeness (QED) is 0.721. The van der Waals surface area contributed by atoms with Crippen LogP contribution < -0.4 is 10.6 Å². The minimum Gasteiger partial charge on any atom is -0.480 e. The van der Waals surface area contributed by atoms with Gasteiger partial charge in [0.05, 0.1) is 6.04 Å². The van der Waals surface area contributed by atoms with Gasteiger partial charge < -0.3 is 15.7 Å². The number of amides is 2. The molecule has 0 aliphatic rings. The Balaban J connectivity index is 2.61. The molecule has 0 saturated carbocycles. The van der Waals surface area contributed by atoms with E-state index in [-0.39, 0.29) is 12.0 Å². The van der Waals surface area contributed by atoms with Crippen LogP contribution in [0.4, 0.5) is 4.79 Å². The van der Waals surface area contributed by atoms with E-state index in [1.807, 2.05) is 20.8 Å². The number of aliphatic carboxylic acids is 1. The van der Waals surface area contributed by atoms with Crippen LogP contribution in [0.25, 0.3) is 0 Å². The Hall–Kier alpha value is -1.63. The standard InChI is InChI=1S/C14H23N3O3S/c1-5-8(3)11(13(18)19)17-14(20)16-9(4)12-15-7-10(6-2)21-12/h7-9,11H,5-6H2,1-4H3,(H,18,19)(H2,16,17,20)/t8?,9?,11-/m0/s1. The van der Waals surface area contributed by atoms with Gasteiger partial charge in [-0.1, -0.05) is 27.2 Å². The predicted molar refractivity (Wildman–Crippen MR) is 82.5 cm³/mol. The molecule has 0 bridgehead atoms. The summed E-state index contributed by atoms with van der Waals surface area (Å²) in [4.78, 5) is 28.5. The highest BCUT2D eigenvalue weighted by Crippen LogP contribution is 2.20. The third-order valence-electron chi connectivity index (χ3n) is 3.40. The van der Waals surface area contributed by atoms with Crippen molar-refractivity contribution in [2.24, 2.45) is 5.92 Å². The number of nitrogens with zero attached hydrogens (tertiary/aromatic N) is 1. The second-order valence-corrected chi connectivity index (χ2v) is 6.21. The number of hydrogen-bond donors (Lipinski definition) is 3. The summed E-state index contributed by atoms with van der Waals surface area (Å²) in [6.45, 7) is 7.57. The average Bonchev–Trinajstić information content (AvgIpc) is 2.92. The van der Waals surface area contributed by atoms with Gasteiger partial charge in [0.2, 0.25) is 0 Å². The van der Waals surface area contributed by atoms with Gasteiger partial charge >= 0.3 is 12.0 Å². The molecule has 1 rings (SSSR count). The summed E-state index contributed by atoms with van der Waals surface area (Å²) in [6.07, 6.45) is 3.39.